The lowest BCUT2D eigenvalue weighted by molar-refractivity contribution is 0.630. The number of likely N-dealkylation sites (N-methyl/N-ethyl adjacent to an activating group) is 1. The van der Waals surface area contributed by atoms with E-state index in [1.54, 1.807) is 18.2 Å². The first-order valence-electron chi connectivity index (χ1n) is 5.12. The molecule has 0 aliphatic rings. The number of aromatic amines is 1. The average molecular weight is 220 g/mol. The number of halogens is 1. The summed E-state index contributed by atoms with van der Waals surface area (Å²) in [7, 11) is 1.87. The van der Waals surface area contributed by atoms with Gasteiger partial charge in [-0.2, -0.15) is 5.10 Å². The van der Waals surface area contributed by atoms with E-state index in [0.717, 1.165) is 18.8 Å². The minimum atomic E-state index is -0.304. The quantitative estimate of drug-likeness (QED) is 0.818. The van der Waals surface area contributed by atoms with Crippen LogP contribution in [0.4, 0.5) is 4.39 Å². The van der Waals surface area contributed by atoms with Crippen molar-refractivity contribution in [2.75, 3.05) is 13.6 Å². The van der Waals surface area contributed by atoms with Crippen LogP contribution in [0, 0.1) is 5.82 Å². The van der Waals surface area contributed by atoms with Crippen molar-refractivity contribution in [2.24, 2.45) is 0 Å². The third-order valence-electron chi connectivity index (χ3n) is 2.26. The van der Waals surface area contributed by atoms with Crippen molar-refractivity contribution in [3.05, 3.63) is 35.9 Å². The van der Waals surface area contributed by atoms with Crippen molar-refractivity contribution in [3.8, 4) is 11.4 Å². The Morgan fingerprint density at radius 1 is 1.38 bits per heavy atom. The Kier molecular flexibility index (Phi) is 3.26. The Balaban J connectivity index is 2.22. The van der Waals surface area contributed by atoms with Gasteiger partial charge in [0.15, 0.2) is 5.82 Å². The fourth-order valence-corrected chi connectivity index (χ4v) is 1.41. The third kappa shape index (κ3) is 2.25. The number of hydrogen-bond acceptors (Lipinski definition) is 3. The van der Waals surface area contributed by atoms with Gasteiger partial charge in [-0.15, -0.1) is 0 Å². The lowest BCUT2D eigenvalue weighted by Gasteiger charge is -1.96. The first kappa shape index (κ1) is 10.8. The number of benzene rings is 1. The molecule has 0 aliphatic heterocycles. The summed E-state index contributed by atoms with van der Waals surface area (Å²) < 4.78 is 13.4. The van der Waals surface area contributed by atoms with E-state index in [1.165, 1.54) is 6.07 Å². The molecule has 2 rings (SSSR count). The van der Waals surface area contributed by atoms with Gasteiger partial charge in [0.05, 0.1) is 5.56 Å². The molecular formula is C11H13FN4. The van der Waals surface area contributed by atoms with E-state index in [-0.39, 0.29) is 5.82 Å². The average Bonchev–Trinajstić information content (AvgIpc) is 2.75. The molecule has 5 heteroatoms. The molecular weight excluding hydrogens is 207 g/mol. The first-order valence-corrected chi connectivity index (χ1v) is 5.12. The SMILES string of the molecule is CNCCc1nc(-c2ccccc2F)n[nH]1. The topological polar surface area (TPSA) is 53.6 Å². The highest BCUT2D eigenvalue weighted by atomic mass is 19.1. The molecule has 0 unspecified atom stereocenters. The van der Waals surface area contributed by atoms with Gasteiger partial charge in [0.2, 0.25) is 0 Å². The van der Waals surface area contributed by atoms with Gasteiger partial charge in [-0.1, -0.05) is 12.1 Å². The van der Waals surface area contributed by atoms with E-state index in [9.17, 15) is 4.39 Å². The Bertz CT molecular complexity index is 467. The number of rotatable bonds is 4. The second-order valence-corrected chi connectivity index (χ2v) is 3.44. The molecule has 84 valence electrons. The highest BCUT2D eigenvalue weighted by Crippen LogP contribution is 2.17. The van der Waals surface area contributed by atoms with Crippen LogP contribution in [0.2, 0.25) is 0 Å². The second-order valence-electron chi connectivity index (χ2n) is 3.44. The summed E-state index contributed by atoms with van der Waals surface area (Å²) in [5.74, 6) is 0.860. The molecule has 0 fully saturated rings. The van der Waals surface area contributed by atoms with Crippen LogP contribution in [-0.2, 0) is 6.42 Å². The van der Waals surface area contributed by atoms with Crippen molar-refractivity contribution in [2.45, 2.75) is 6.42 Å². The molecule has 0 amide bonds. The van der Waals surface area contributed by atoms with Crippen LogP contribution in [0.25, 0.3) is 11.4 Å². The minimum Gasteiger partial charge on any atom is -0.319 e. The maximum atomic E-state index is 13.4. The number of nitrogens with one attached hydrogen (secondary N) is 2. The Labute approximate surface area is 92.9 Å². The largest absolute Gasteiger partial charge is 0.319 e. The first-order chi connectivity index (χ1) is 7.81. The summed E-state index contributed by atoms with van der Waals surface area (Å²) in [6, 6.07) is 6.48. The van der Waals surface area contributed by atoms with Crippen LogP contribution in [0.5, 0.6) is 0 Å². The van der Waals surface area contributed by atoms with Gasteiger partial charge in [-0.3, -0.25) is 5.10 Å². The number of hydrogen-bond donors (Lipinski definition) is 2. The van der Waals surface area contributed by atoms with E-state index in [0.29, 0.717) is 11.4 Å². The Morgan fingerprint density at radius 3 is 2.94 bits per heavy atom. The maximum Gasteiger partial charge on any atom is 0.184 e. The van der Waals surface area contributed by atoms with Gasteiger partial charge in [0.25, 0.3) is 0 Å². The minimum absolute atomic E-state index is 0.304. The van der Waals surface area contributed by atoms with E-state index in [2.05, 4.69) is 20.5 Å². The highest BCUT2D eigenvalue weighted by molar-refractivity contribution is 5.55. The Morgan fingerprint density at radius 2 is 2.19 bits per heavy atom. The monoisotopic (exact) mass is 220 g/mol. The maximum absolute atomic E-state index is 13.4. The summed E-state index contributed by atoms with van der Waals surface area (Å²) in [6.07, 6.45) is 0.748. The molecule has 16 heavy (non-hydrogen) atoms. The number of aromatic nitrogens is 3. The standard InChI is InChI=1S/C11H13FN4/c1-13-7-6-10-14-11(16-15-10)8-4-2-3-5-9(8)12/h2-5,13H,6-7H2,1H3,(H,14,15,16). The molecule has 4 nitrogen and oxygen atoms in total. The van der Waals surface area contributed by atoms with Gasteiger partial charge in [0.1, 0.15) is 11.6 Å². The second kappa shape index (κ2) is 4.85. The van der Waals surface area contributed by atoms with Gasteiger partial charge >= 0.3 is 0 Å². The summed E-state index contributed by atoms with van der Waals surface area (Å²) in [6.45, 7) is 0.811. The summed E-state index contributed by atoms with van der Waals surface area (Å²) in [5, 5.41) is 9.81. The van der Waals surface area contributed by atoms with Gasteiger partial charge < -0.3 is 5.32 Å². The number of nitrogens with zero attached hydrogens (tertiary/aromatic N) is 2. The van der Waals surface area contributed by atoms with Crippen molar-refractivity contribution in [1.29, 1.82) is 0 Å². The molecule has 0 saturated carbocycles. The molecule has 0 atom stereocenters. The molecule has 1 aromatic heterocycles. The summed E-state index contributed by atoms with van der Waals surface area (Å²) >= 11 is 0. The van der Waals surface area contributed by atoms with Gasteiger partial charge in [-0.25, -0.2) is 9.37 Å². The predicted octanol–water partition coefficient (Wildman–Crippen LogP) is 1.37. The number of H-pyrrole nitrogens is 1. The molecule has 0 bridgehead atoms. The van der Waals surface area contributed by atoms with Crippen LogP contribution in [0.15, 0.2) is 24.3 Å². The molecule has 0 aliphatic carbocycles. The molecule has 0 radical (unpaired) electrons. The smallest absolute Gasteiger partial charge is 0.184 e. The Hall–Kier alpha value is -1.75. The molecule has 2 N–H and O–H groups in total. The molecule has 0 spiro atoms. The van der Waals surface area contributed by atoms with Gasteiger partial charge in [0, 0.05) is 13.0 Å². The molecule has 2 aromatic rings. The predicted molar refractivity (Wildman–Crippen MR) is 59.4 cm³/mol. The van der Waals surface area contributed by atoms with Crippen molar-refractivity contribution in [1.82, 2.24) is 20.5 Å². The van der Waals surface area contributed by atoms with Crippen LogP contribution in [-0.4, -0.2) is 28.8 Å². The van der Waals surface area contributed by atoms with E-state index >= 15 is 0 Å². The molecule has 1 heterocycles. The molecule has 0 saturated heterocycles. The van der Waals surface area contributed by atoms with E-state index in [4.69, 9.17) is 0 Å². The van der Waals surface area contributed by atoms with Crippen molar-refractivity contribution >= 4 is 0 Å². The van der Waals surface area contributed by atoms with Gasteiger partial charge in [-0.05, 0) is 19.2 Å². The highest BCUT2D eigenvalue weighted by Gasteiger charge is 2.09. The van der Waals surface area contributed by atoms with Crippen molar-refractivity contribution < 1.29 is 4.39 Å². The lowest BCUT2D eigenvalue weighted by atomic mass is 10.2. The summed E-state index contributed by atoms with van der Waals surface area (Å²) in [4.78, 5) is 4.23. The van der Waals surface area contributed by atoms with Crippen LogP contribution in [0.1, 0.15) is 5.82 Å². The summed E-state index contributed by atoms with van der Waals surface area (Å²) in [5.41, 5.74) is 0.425. The molecule has 1 aromatic carbocycles. The van der Waals surface area contributed by atoms with Crippen LogP contribution < -0.4 is 5.32 Å². The zero-order valence-electron chi connectivity index (χ0n) is 9.00. The zero-order valence-corrected chi connectivity index (χ0v) is 9.00. The normalized spacial score (nSPS) is 10.6. The fourth-order valence-electron chi connectivity index (χ4n) is 1.41. The van der Waals surface area contributed by atoms with E-state index in [1.807, 2.05) is 7.05 Å². The van der Waals surface area contributed by atoms with Crippen molar-refractivity contribution in [3.63, 3.8) is 0 Å². The fraction of sp³-hybridized carbons (Fsp3) is 0.273. The third-order valence-corrected chi connectivity index (χ3v) is 2.26. The van der Waals surface area contributed by atoms with Crippen LogP contribution in [0.3, 0.4) is 0 Å². The lowest BCUT2D eigenvalue weighted by Crippen LogP contribution is -2.11. The van der Waals surface area contributed by atoms with E-state index < -0.39 is 0 Å². The zero-order chi connectivity index (χ0) is 11.4. The van der Waals surface area contributed by atoms with Crippen LogP contribution >= 0.6 is 0 Å².